The largest absolute Gasteiger partial charge is 0.312 e. The first-order valence-electron chi connectivity index (χ1n) is 7.41. The highest BCUT2D eigenvalue weighted by Gasteiger charge is 2.15. The van der Waals surface area contributed by atoms with Gasteiger partial charge in [-0.05, 0) is 23.6 Å². The van der Waals surface area contributed by atoms with E-state index in [-0.39, 0.29) is 0 Å². The fourth-order valence-electron chi connectivity index (χ4n) is 2.85. The molecule has 0 aliphatic carbocycles. The third-order valence-electron chi connectivity index (χ3n) is 3.92. The maximum atomic E-state index is 3.49. The Bertz CT molecular complexity index is 533. The first kappa shape index (κ1) is 13.3. The molecule has 0 unspecified atom stereocenters. The van der Waals surface area contributed by atoms with Gasteiger partial charge in [0, 0.05) is 32.2 Å². The van der Waals surface area contributed by atoms with E-state index in [1.165, 1.54) is 16.7 Å². The fourth-order valence-corrected chi connectivity index (χ4v) is 2.85. The van der Waals surface area contributed by atoms with Crippen molar-refractivity contribution in [3.05, 3.63) is 60.2 Å². The van der Waals surface area contributed by atoms with Gasteiger partial charge in [0.25, 0.3) is 0 Å². The van der Waals surface area contributed by atoms with Crippen LogP contribution in [-0.2, 0) is 6.54 Å². The van der Waals surface area contributed by atoms with Gasteiger partial charge >= 0.3 is 0 Å². The number of nitrogens with zero attached hydrogens (tertiary/aromatic N) is 1. The first-order chi connectivity index (χ1) is 9.81. The van der Waals surface area contributed by atoms with Crippen LogP contribution in [0.4, 0.5) is 0 Å². The van der Waals surface area contributed by atoms with E-state index < -0.39 is 0 Å². The summed E-state index contributed by atoms with van der Waals surface area (Å²) in [6, 6.07) is 20.1. The molecule has 2 aromatic rings. The molecule has 1 heterocycles. The Morgan fingerprint density at radius 3 is 2.40 bits per heavy atom. The van der Waals surface area contributed by atoms with E-state index in [9.17, 15) is 0 Å². The summed E-state index contributed by atoms with van der Waals surface area (Å²) in [7, 11) is 0. The van der Waals surface area contributed by atoms with Crippen molar-refractivity contribution in [2.24, 2.45) is 0 Å². The van der Waals surface area contributed by atoms with Gasteiger partial charge < -0.3 is 5.32 Å². The molecule has 1 fully saturated rings. The van der Waals surface area contributed by atoms with Crippen molar-refractivity contribution in [3.63, 3.8) is 0 Å². The zero-order valence-electron chi connectivity index (χ0n) is 12.0. The molecule has 0 spiro atoms. The van der Waals surface area contributed by atoms with Crippen LogP contribution in [-0.4, -0.2) is 30.6 Å². The van der Waals surface area contributed by atoms with Crippen molar-refractivity contribution in [1.29, 1.82) is 0 Å². The maximum Gasteiger partial charge on any atom is 0.0234 e. The highest BCUT2D eigenvalue weighted by molar-refractivity contribution is 5.63. The average Bonchev–Trinajstić information content (AvgIpc) is 2.49. The summed E-state index contributed by atoms with van der Waals surface area (Å²) in [6.07, 6.45) is 0. The molecule has 20 heavy (non-hydrogen) atoms. The molecule has 0 aromatic heterocycles. The molecule has 1 N–H and O–H groups in total. The minimum Gasteiger partial charge on any atom is -0.312 e. The SMILES string of the molecule is C[C@H]1CN(Cc2ccc(-c3ccccc3)cc2)CCN1. The Morgan fingerprint density at radius 2 is 1.70 bits per heavy atom. The zero-order valence-corrected chi connectivity index (χ0v) is 12.0. The quantitative estimate of drug-likeness (QED) is 0.918. The summed E-state index contributed by atoms with van der Waals surface area (Å²) >= 11 is 0. The number of nitrogens with one attached hydrogen (secondary N) is 1. The molecule has 104 valence electrons. The van der Waals surface area contributed by atoms with Crippen molar-refractivity contribution in [2.75, 3.05) is 19.6 Å². The normalized spacial score (nSPS) is 19.9. The third kappa shape index (κ3) is 3.27. The second-order valence-electron chi connectivity index (χ2n) is 5.65. The van der Waals surface area contributed by atoms with Crippen molar-refractivity contribution < 1.29 is 0 Å². The fraction of sp³-hybridized carbons (Fsp3) is 0.333. The Labute approximate surface area is 121 Å². The molecule has 0 amide bonds. The van der Waals surface area contributed by atoms with Crippen LogP contribution >= 0.6 is 0 Å². The lowest BCUT2D eigenvalue weighted by Gasteiger charge is -2.31. The Balaban J connectivity index is 1.67. The van der Waals surface area contributed by atoms with Gasteiger partial charge in [0.05, 0.1) is 0 Å². The zero-order chi connectivity index (χ0) is 13.8. The lowest BCUT2D eigenvalue weighted by molar-refractivity contribution is 0.199. The number of hydrogen-bond acceptors (Lipinski definition) is 2. The van der Waals surface area contributed by atoms with Crippen LogP contribution < -0.4 is 5.32 Å². The van der Waals surface area contributed by atoms with Crippen LogP contribution in [0.25, 0.3) is 11.1 Å². The summed E-state index contributed by atoms with van der Waals surface area (Å²) in [5.74, 6) is 0. The van der Waals surface area contributed by atoms with Crippen molar-refractivity contribution in [1.82, 2.24) is 10.2 Å². The minimum absolute atomic E-state index is 0.604. The van der Waals surface area contributed by atoms with Crippen LogP contribution in [0.5, 0.6) is 0 Å². The van der Waals surface area contributed by atoms with E-state index in [1.54, 1.807) is 0 Å². The van der Waals surface area contributed by atoms with Crippen LogP contribution in [0.3, 0.4) is 0 Å². The highest BCUT2D eigenvalue weighted by Crippen LogP contribution is 2.20. The van der Waals surface area contributed by atoms with Crippen LogP contribution in [0.2, 0.25) is 0 Å². The summed E-state index contributed by atoms with van der Waals surface area (Å²) in [5, 5.41) is 3.49. The Kier molecular flexibility index (Phi) is 4.14. The first-order valence-corrected chi connectivity index (χ1v) is 7.41. The van der Waals surface area contributed by atoms with Crippen LogP contribution in [0, 0.1) is 0 Å². The predicted octanol–water partition coefficient (Wildman–Crippen LogP) is 3.15. The van der Waals surface area contributed by atoms with Crippen molar-refractivity contribution in [3.8, 4) is 11.1 Å². The molecule has 1 atom stereocenters. The summed E-state index contributed by atoms with van der Waals surface area (Å²) in [5.41, 5.74) is 3.98. The van der Waals surface area contributed by atoms with Crippen LogP contribution in [0.1, 0.15) is 12.5 Å². The second kappa shape index (κ2) is 6.21. The van der Waals surface area contributed by atoms with Crippen molar-refractivity contribution in [2.45, 2.75) is 19.5 Å². The topological polar surface area (TPSA) is 15.3 Å². The van der Waals surface area contributed by atoms with E-state index in [4.69, 9.17) is 0 Å². The molecule has 0 radical (unpaired) electrons. The van der Waals surface area contributed by atoms with Gasteiger partial charge in [-0.15, -0.1) is 0 Å². The second-order valence-corrected chi connectivity index (χ2v) is 5.65. The molecule has 1 saturated heterocycles. The third-order valence-corrected chi connectivity index (χ3v) is 3.92. The minimum atomic E-state index is 0.604. The molecule has 1 aliphatic heterocycles. The standard InChI is InChI=1S/C18H22N2/c1-15-13-20(12-11-19-15)14-16-7-9-18(10-8-16)17-5-3-2-4-6-17/h2-10,15,19H,11-14H2,1H3/t15-/m0/s1. The molecule has 1 aliphatic rings. The van der Waals surface area contributed by atoms with E-state index in [0.717, 1.165) is 26.2 Å². The smallest absolute Gasteiger partial charge is 0.0234 e. The Morgan fingerprint density at radius 1 is 1.00 bits per heavy atom. The van der Waals surface area contributed by atoms with Crippen LogP contribution in [0.15, 0.2) is 54.6 Å². The van der Waals surface area contributed by atoms with Gasteiger partial charge in [0.1, 0.15) is 0 Å². The number of benzene rings is 2. The Hall–Kier alpha value is -1.64. The summed E-state index contributed by atoms with van der Waals surface area (Å²) in [6.45, 7) is 6.69. The lowest BCUT2D eigenvalue weighted by Crippen LogP contribution is -2.48. The van der Waals surface area contributed by atoms with E-state index in [1.807, 2.05) is 0 Å². The molecule has 3 rings (SSSR count). The van der Waals surface area contributed by atoms with E-state index in [0.29, 0.717) is 6.04 Å². The summed E-state index contributed by atoms with van der Waals surface area (Å²) < 4.78 is 0. The number of rotatable bonds is 3. The number of hydrogen-bond donors (Lipinski definition) is 1. The average molecular weight is 266 g/mol. The van der Waals surface area contributed by atoms with Gasteiger partial charge in [-0.25, -0.2) is 0 Å². The van der Waals surface area contributed by atoms with E-state index >= 15 is 0 Å². The highest BCUT2D eigenvalue weighted by atomic mass is 15.2. The molecular weight excluding hydrogens is 244 g/mol. The molecule has 2 nitrogen and oxygen atoms in total. The van der Waals surface area contributed by atoms with Gasteiger partial charge in [-0.3, -0.25) is 4.90 Å². The lowest BCUT2D eigenvalue weighted by atomic mass is 10.0. The summed E-state index contributed by atoms with van der Waals surface area (Å²) in [4.78, 5) is 2.53. The predicted molar refractivity (Wildman–Crippen MR) is 84.6 cm³/mol. The van der Waals surface area contributed by atoms with Gasteiger partial charge in [0.15, 0.2) is 0 Å². The van der Waals surface area contributed by atoms with Crippen molar-refractivity contribution >= 4 is 0 Å². The monoisotopic (exact) mass is 266 g/mol. The maximum absolute atomic E-state index is 3.49. The molecule has 0 saturated carbocycles. The molecular formula is C18H22N2. The molecule has 2 aromatic carbocycles. The van der Waals surface area contributed by atoms with Gasteiger partial charge in [0.2, 0.25) is 0 Å². The van der Waals surface area contributed by atoms with Gasteiger partial charge in [-0.2, -0.15) is 0 Å². The molecule has 2 heteroatoms. The van der Waals surface area contributed by atoms with E-state index in [2.05, 4.69) is 71.7 Å². The van der Waals surface area contributed by atoms with Gasteiger partial charge in [-0.1, -0.05) is 54.6 Å². The molecule has 0 bridgehead atoms. The number of piperazine rings is 1.